The maximum Gasteiger partial charge on any atom is 0.192 e. The fourth-order valence-corrected chi connectivity index (χ4v) is 4.36. The second kappa shape index (κ2) is 8.19. The lowest BCUT2D eigenvalue weighted by Crippen LogP contribution is -2.28. The molecule has 0 fully saturated rings. The molecule has 0 amide bonds. The lowest BCUT2D eigenvalue weighted by molar-refractivity contribution is 0.299. The third-order valence-electron chi connectivity index (χ3n) is 5.85. The molecule has 3 aromatic rings. The molecule has 0 N–H and O–H groups in total. The fourth-order valence-electron chi connectivity index (χ4n) is 4.36. The van der Waals surface area contributed by atoms with Crippen molar-refractivity contribution < 1.29 is 9.15 Å². The van der Waals surface area contributed by atoms with E-state index < -0.39 is 0 Å². The Morgan fingerprint density at radius 3 is 2.96 bits per heavy atom. The molecule has 0 aliphatic heterocycles. The fraction of sp³-hybridized carbons (Fsp3) is 0.375. The van der Waals surface area contributed by atoms with Gasteiger partial charge in [0.1, 0.15) is 11.3 Å². The molecular formula is C24H27NO3. The van der Waals surface area contributed by atoms with E-state index in [0.717, 1.165) is 31.7 Å². The van der Waals surface area contributed by atoms with Gasteiger partial charge < -0.3 is 14.1 Å². The number of benzene rings is 2. The summed E-state index contributed by atoms with van der Waals surface area (Å²) in [6.07, 6.45) is 5.96. The lowest BCUT2D eigenvalue weighted by Gasteiger charge is -2.30. The Morgan fingerprint density at radius 1 is 1.21 bits per heavy atom. The molecule has 1 unspecified atom stereocenters. The van der Waals surface area contributed by atoms with Gasteiger partial charge in [0.2, 0.25) is 0 Å². The van der Waals surface area contributed by atoms with Crippen LogP contribution in [0.15, 0.2) is 57.9 Å². The first-order valence-electron chi connectivity index (χ1n) is 10.0. The van der Waals surface area contributed by atoms with Crippen molar-refractivity contribution in [3.63, 3.8) is 0 Å². The summed E-state index contributed by atoms with van der Waals surface area (Å²) in [5.41, 5.74) is 4.71. The molecule has 2 aromatic carbocycles. The molecular weight excluding hydrogens is 350 g/mol. The number of fused-ring (bicyclic) bond motifs is 2. The first-order valence-corrected chi connectivity index (χ1v) is 10.0. The summed E-state index contributed by atoms with van der Waals surface area (Å²) in [5, 5.41) is 0.646. The Kier molecular flexibility index (Phi) is 5.49. The molecule has 4 nitrogen and oxygen atoms in total. The zero-order chi connectivity index (χ0) is 19.5. The maximum absolute atomic E-state index is 11.8. The average molecular weight is 377 g/mol. The van der Waals surface area contributed by atoms with Crippen LogP contribution in [0.25, 0.3) is 11.0 Å². The Labute approximate surface area is 165 Å². The molecule has 4 rings (SSSR count). The summed E-state index contributed by atoms with van der Waals surface area (Å²) in [5.74, 6) is 1.58. The smallest absolute Gasteiger partial charge is 0.192 e. The van der Waals surface area contributed by atoms with E-state index in [0.29, 0.717) is 16.9 Å². The van der Waals surface area contributed by atoms with Crippen molar-refractivity contribution in [2.24, 2.45) is 0 Å². The zero-order valence-corrected chi connectivity index (χ0v) is 16.6. The molecule has 0 bridgehead atoms. The van der Waals surface area contributed by atoms with Crippen LogP contribution in [0.3, 0.4) is 0 Å². The Hall–Kier alpha value is -2.59. The predicted octanol–water partition coefficient (Wildman–Crippen LogP) is 4.40. The Bertz CT molecular complexity index is 1020. The number of hydrogen-bond donors (Lipinski definition) is 0. The van der Waals surface area contributed by atoms with Gasteiger partial charge in [0.25, 0.3) is 0 Å². The number of rotatable bonds is 6. The minimum Gasteiger partial charge on any atom is -0.496 e. The van der Waals surface area contributed by atoms with E-state index >= 15 is 0 Å². The van der Waals surface area contributed by atoms with Gasteiger partial charge in [-0.25, -0.2) is 0 Å². The molecule has 1 aliphatic carbocycles. The summed E-state index contributed by atoms with van der Waals surface area (Å²) in [6, 6.07) is 13.8. The molecule has 0 radical (unpaired) electrons. The van der Waals surface area contributed by atoms with Crippen LogP contribution in [0.4, 0.5) is 0 Å². The van der Waals surface area contributed by atoms with Crippen molar-refractivity contribution in [3.05, 3.63) is 75.6 Å². The van der Waals surface area contributed by atoms with E-state index in [9.17, 15) is 4.79 Å². The van der Waals surface area contributed by atoms with Gasteiger partial charge >= 0.3 is 0 Å². The molecule has 4 heteroatoms. The highest BCUT2D eigenvalue weighted by atomic mass is 16.5. The number of hydrogen-bond acceptors (Lipinski definition) is 4. The third kappa shape index (κ3) is 3.83. The predicted molar refractivity (Wildman–Crippen MR) is 112 cm³/mol. The van der Waals surface area contributed by atoms with Crippen LogP contribution >= 0.6 is 0 Å². The molecule has 1 aromatic heterocycles. The minimum atomic E-state index is 0.0105. The monoisotopic (exact) mass is 377 g/mol. The van der Waals surface area contributed by atoms with E-state index in [4.69, 9.17) is 9.15 Å². The molecule has 146 valence electrons. The van der Waals surface area contributed by atoms with Crippen LogP contribution in [0.2, 0.25) is 0 Å². The molecule has 1 heterocycles. The van der Waals surface area contributed by atoms with Crippen LogP contribution in [0, 0.1) is 0 Å². The number of likely N-dealkylation sites (N-methyl/N-ethyl adjacent to an activating group) is 1. The van der Waals surface area contributed by atoms with Crippen LogP contribution in [0.5, 0.6) is 5.75 Å². The molecule has 0 saturated heterocycles. The van der Waals surface area contributed by atoms with E-state index in [1.165, 1.54) is 41.9 Å². The third-order valence-corrected chi connectivity index (χ3v) is 5.85. The molecule has 0 saturated carbocycles. The van der Waals surface area contributed by atoms with Crippen LogP contribution in [-0.2, 0) is 12.8 Å². The molecule has 1 aliphatic rings. The maximum atomic E-state index is 11.8. The van der Waals surface area contributed by atoms with Crippen LogP contribution in [0.1, 0.15) is 35.4 Å². The molecule has 0 spiro atoms. The summed E-state index contributed by atoms with van der Waals surface area (Å²) >= 11 is 0. The number of nitrogens with zero attached hydrogens (tertiary/aromatic N) is 1. The van der Waals surface area contributed by atoms with Gasteiger partial charge in [0.15, 0.2) is 5.43 Å². The lowest BCUT2D eigenvalue weighted by atomic mass is 9.82. The van der Waals surface area contributed by atoms with Gasteiger partial charge in [0.05, 0.1) is 18.8 Å². The average Bonchev–Trinajstić information content (AvgIpc) is 2.72. The quantitative estimate of drug-likeness (QED) is 0.639. The Morgan fingerprint density at radius 2 is 2.11 bits per heavy atom. The standard InChI is InChI=1S/C24H27NO3/c1-25(13-11-17-9-10-21-22(26)12-14-28-24(21)15-17)16-18-5-3-7-20-19(18)6-4-8-23(20)27-2/h4,6,8-10,12,14-15,18H,3,5,7,11,13,16H2,1-2H3. The van der Waals surface area contributed by atoms with E-state index in [-0.39, 0.29) is 5.43 Å². The van der Waals surface area contributed by atoms with E-state index in [1.54, 1.807) is 7.11 Å². The zero-order valence-electron chi connectivity index (χ0n) is 16.6. The normalized spacial score (nSPS) is 16.3. The van der Waals surface area contributed by atoms with Gasteiger partial charge in [0, 0.05) is 19.2 Å². The number of methoxy groups -OCH3 is 1. The molecule has 28 heavy (non-hydrogen) atoms. The van der Waals surface area contributed by atoms with Crippen molar-refractivity contribution in [2.45, 2.75) is 31.6 Å². The highest BCUT2D eigenvalue weighted by Crippen LogP contribution is 2.36. The largest absolute Gasteiger partial charge is 0.496 e. The summed E-state index contributed by atoms with van der Waals surface area (Å²) in [4.78, 5) is 14.3. The topological polar surface area (TPSA) is 42.7 Å². The van der Waals surface area contributed by atoms with Crippen LogP contribution < -0.4 is 10.2 Å². The van der Waals surface area contributed by atoms with E-state index in [2.05, 4.69) is 30.1 Å². The van der Waals surface area contributed by atoms with Crippen molar-refractivity contribution in [1.29, 1.82) is 0 Å². The van der Waals surface area contributed by atoms with Crippen LogP contribution in [-0.4, -0.2) is 32.1 Å². The van der Waals surface area contributed by atoms with Gasteiger partial charge in [-0.2, -0.15) is 0 Å². The second-order valence-corrected chi connectivity index (χ2v) is 7.74. The molecule has 1 atom stereocenters. The van der Waals surface area contributed by atoms with Gasteiger partial charge in [-0.05, 0) is 73.5 Å². The van der Waals surface area contributed by atoms with Crippen molar-refractivity contribution in [1.82, 2.24) is 4.90 Å². The summed E-state index contributed by atoms with van der Waals surface area (Å²) in [7, 11) is 3.95. The second-order valence-electron chi connectivity index (χ2n) is 7.74. The first kappa shape index (κ1) is 18.8. The van der Waals surface area contributed by atoms with E-state index in [1.807, 2.05) is 18.2 Å². The highest BCUT2D eigenvalue weighted by molar-refractivity contribution is 5.76. The van der Waals surface area contributed by atoms with Crippen molar-refractivity contribution >= 4 is 11.0 Å². The van der Waals surface area contributed by atoms with Gasteiger partial charge in [-0.15, -0.1) is 0 Å². The summed E-state index contributed by atoms with van der Waals surface area (Å²) < 4.78 is 11.1. The SMILES string of the molecule is COc1cccc2c1CCCC2CN(C)CCc1ccc2c(=O)ccoc2c1. The summed E-state index contributed by atoms with van der Waals surface area (Å²) in [6.45, 7) is 2.02. The highest BCUT2D eigenvalue weighted by Gasteiger charge is 2.23. The van der Waals surface area contributed by atoms with Crippen molar-refractivity contribution in [2.75, 3.05) is 27.2 Å². The van der Waals surface area contributed by atoms with Gasteiger partial charge in [-0.3, -0.25) is 4.79 Å². The first-order chi connectivity index (χ1) is 13.7. The minimum absolute atomic E-state index is 0.0105. The number of ether oxygens (including phenoxy) is 1. The Balaban J connectivity index is 1.42. The van der Waals surface area contributed by atoms with Gasteiger partial charge in [-0.1, -0.05) is 18.2 Å². The van der Waals surface area contributed by atoms with Crippen molar-refractivity contribution in [3.8, 4) is 5.75 Å².